The summed E-state index contributed by atoms with van der Waals surface area (Å²) in [6, 6.07) is 3.62. The van der Waals surface area contributed by atoms with Crippen LogP contribution in [-0.4, -0.2) is 64.5 Å². The Balaban J connectivity index is 1.90. The number of imidazole rings is 1. The molecule has 130 valence electrons. The van der Waals surface area contributed by atoms with Gasteiger partial charge in [0.25, 0.3) is 0 Å². The Morgan fingerprint density at radius 3 is 2.58 bits per heavy atom. The lowest BCUT2D eigenvalue weighted by atomic mass is 10.2. The Kier molecular flexibility index (Phi) is 5.01. The molecule has 3 heterocycles. The fourth-order valence-corrected chi connectivity index (χ4v) is 3.10. The topological polar surface area (TPSA) is 76.1 Å². The lowest BCUT2D eigenvalue weighted by Crippen LogP contribution is -2.45. The van der Waals surface area contributed by atoms with Gasteiger partial charge in [-0.2, -0.15) is 0 Å². The second kappa shape index (κ2) is 7.19. The first-order valence-corrected chi connectivity index (χ1v) is 8.50. The highest BCUT2D eigenvalue weighted by atomic mass is 16.5. The minimum absolute atomic E-state index is 0.337. The van der Waals surface area contributed by atoms with E-state index in [0.29, 0.717) is 24.5 Å². The van der Waals surface area contributed by atoms with Crippen molar-refractivity contribution >= 4 is 17.3 Å². The smallest absolute Gasteiger partial charge is 0.358 e. The monoisotopic (exact) mass is 331 g/mol. The zero-order valence-corrected chi connectivity index (χ0v) is 14.4. The standard InChI is InChI=1S/C17H25N5O2/c1-3-20-7-9-21(10-8-20)12-14-16(17(23)24-4-2)19-15-6-5-13(18)11-22(14)15/h5-6,11H,3-4,7-10,12,18H2,1-2H3. The van der Waals surface area contributed by atoms with Crippen LogP contribution in [0.15, 0.2) is 18.3 Å². The number of fused-ring (bicyclic) bond motifs is 1. The summed E-state index contributed by atoms with van der Waals surface area (Å²) in [6.45, 7) is 10.1. The van der Waals surface area contributed by atoms with Crippen LogP contribution in [0, 0.1) is 0 Å². The molecular formula is C17H25N5O2. The van der Waals surface area contributed by atoms with E-state index in [1.54, 1.807) is 13.0 Å². The summed E-state index contributed by atoms with van der Waals surface area (Å²) in [6.07, 6.45) is 1.82. The van der Waals surface area contributed by atoms with Crippen molar-refractivity contribution in [2.45, 2.75) is 20.4 Å². The molecule has 2 aromatic heterocycles. The average molecular weight is 331 g/mol. The third-order valence-corrected chi connectivity index (χ3v) is 4.49. The van der Waals surface area contributed by atoms with Crippen molar-refractivity contribution in [1.82, 2.24) is 19.2 Å². The average Bonchev–Trinajstić information content (AvgIpc) is 2.94. The van der Waals surface area contributed by atoms with Crippen LogP contribution in [0.3, 0.4) is 0 Å². The molecular weight excluding hydrogens is 306 g/mol. The fraction of sp³-hybridized carbons (Fsp3) is 0.529. The van der Waals surface area contributed by atoms with Gasteiger partial charge in [0.1, 0.15) is 5.65 Å². The molecule has 0 bridgehead atoms. The number of aromatic nitrogens is 2. The molecule has 0 saturated carbocycles. The number of carbonyl (C=O) groups excluding carboxylic acids is 1. The van der Waals surface area contributed by atoms with Gasteiger partial charge in [-0.05, 0) is 25.6 Å². The zero-order valence-electron chi connectivity index (χ0n) is 14.4. The van der Waals surface area contributed by atoms with Gasteiger partial charge in [-0.25, -0.2) is 9.78 Å². The number of nitrogens with zero attached hydrogens (tertiary/aromatic N) is 4. The quantitative estimate of drug-likeness (QED) is 0.831. The highest BCUT2D eigenvalue weighted by molar-refractivity contribution is 5.89. The van der Waals surface area contributed by atoms with Gasteiger partial charge < -0.3 is 15.4 Å². The predicted molar refractivity (Wildman–Crippen MR) is 93.0 cm³/mol. The highest BCUT2D eigenvalue weighted by Crippen LogP contribution is 2.19. The molecule has 2 N–H and O–H groups in total. The van der Waals surface area contributed by atoms with Crippen LogP contribution in [0.25, 0.3) is 5.65 Å². The molecule has 0 radical (unpaired) electrons. The first kappa shape index (κ1) is 16.7. The van der Waals surface area contributed by atoms with E-state index in [2.05, 4.69) is 21.7 Å². The summed E-state index contributed by atoms with van der Waals surface area (Å²) in [5.74, 6) is -0.373. The molecule has 1 fully saturated rings. The third kappa shape index (κ3) is 3.37. The summed E-state index contributed by atoms with van der Waals surface area (Å²) >= 11 is 0. The van der Waals surface area contributed by atoms with Crippen LogP contribution in [0.2, 0.25) is 0 Å². The van der Waals surface area contributed by atoms with Gasteiger partial charge in [-0.15, -0.1) is 0 Å². The van der Waals surface area contributed by atoms with Gasteiger partial charge >= 0.3 is 5.97 Å². The van der Waals surface area contributed by atoms with E-state index < -0.39 is 0 Å². The zero-order chi connectivity index (χ0) is 17.1. The summed E-state index contributed by atoms with van der Waals surface area (Å²) in [4.78, 5) is 21.5. The molecule has 0 amide bonds. The summed E-state index contributed by atoms with van der Waals surface area (Å²) < 4.78 is 7.09. The van der Waals surface area contributed by atoms with Crippen molar-refractivity contribution in [3.05, 3.63) is 29.7 Å². The molecule has 0 atom stereocenters. The first-order valence-electron chi connectivity index (χ1n) is 8.50. The molecule has 0 aromatic carbocycles. The number of carbonyl (C=O) groups is 1. The maximum Gasteiger partial charge on any atom is 0.358 e. The fourth-order valence-electron chi connectivity index (χ4n) is 3.10. The lowest BCUT2D eigenvalue weighted by molar-refractivity contribution is 0.0516. The van der Waals surface area contributed by atoms with Crippen LogP contribution >= 0.6 is 0 Å². The van der Waals surface area contributed by atoms with Gasteiger partial charge in [0.15, 0.2) is 5.69 Å². The Morgan fingerprint density at radius 2 is 1.92 bits per heavy atom. The summed E-state index contributed by atoms with van der Waals surface area (Å²) in [5.41, 5.74) is 8.52. The van der Waals surface area contributed by atoms with Crippen molar-refractivity contribution in [2.75, 3.05) is 45.1 Å². The molecule has 0 aliphatic carbocycles. The highest BCUT2D eigenvalue weighted by Gasteiger charge is 2.24. The van der Waals surface area contributed by atoms with E-state index in [1.807, 2.05) is 16.7 Å². The Bertz CT molecular complexity index is 719. The first-order chi connectivity index (χ1) is 11.6. The van der Waals surface area contributed by atoms with Gasteiger partial charge in [0, 0.05) is 44.6 Å². The molecule has 2 aromatic rings. The molecule has 1 aliphatic heterocycles. The van der Waals surface area contributed by atoms with Crippen molar-refractivity contribution in [2.24, 2.45) is 0 Å². The van der Waals surface area contributed by atoms with Gasteiger partial charge in [-0.1, -0.05) is 6.92 Å². The largest absolute Gasteiger partial charge is 0.461 e. The van der Waals surface area contributed by atoms with E-state index in [9.17, 15) is 4.79 Å². The van der Waals surface area contributed by atoms with Crippen LogP contribution in [0.1, 0.15) is 30.0 Å². The number of esters is 1. The van der Waals surface area contributed by atoms with Crippen LogP contribution in [-0.2, 0) is 11.3 Å². The van der Waals surface area contributed by atoms with Crippen molar-refractivity contribution < 1.29 is 9.53 Å². The number of piperazine rings is 1. The molecule has 7 nitrogen and oxygen atoms in total. The molecule has 0 spiro atoms. The third-order valence-electron chi connectivity index (χ3n) is 4.49. The maximum atomic E-state index is 12.3. The number of hydrogen-bond acceptors (Lipinski definition) is 6. The molecule has 3 rings (SSSR count). The number of pyridine rings is 1. The lowest BCUT2D eigenvalue weighted by Gasteiger charge is -2.33. The molecule has 7 heteroatoms. The number of anilines is 1. The number of ether oxygens (including phenoxy) is 1. The molecule has 1 aliphatic rings. The van der Waals surface area contributed by atoms with Crippen molar-refractivity contribution in [3.8, 4) is 0 Å². The SMILES string of the molecule is CCOC(=O)c1nc2ccc(N)cn2c1CN1CCN(CC)CC1. The number of likely N-dealkylation sites (N-methyl/N-ethyl adjacent to an activating group) is 1. The minimum Gasteiger partial charge on any atom is -0.461 e. The molecule has 1 saturated heterocycles. The van der Waals surface area contributed by atoms with E-state index >= 15 is 0 Å². The van der Waals surface area contributed by atoms with Gasteiger partial charge in [-0.3, -0.25) is 9.30 Å². The normalized spacial score (nSPS) is 16.6. The van der Waals surface area contributed by atoms with Crippen molar-refractivity contribution in [3.63, 3.8) is 0 Å². The van der Waals surface area contributed by atoms with Gasteiger partial charge in [0.2, 0.25) is 0 Å². The van der Waals surface area contributed by atoms with Crippen LogP contribution in [0.5, 0.6) is 0 Å². The van der Waals surface area contributed by atoms with Crippen LogP contribution < -0.4 is 5.73 Å². The Labute approximate surface area is 142 Å². The number of rotatable bonds is 5. The van der Waals surface area contributed by atoms with Gasteiger partial charge in [0.05, 0.1) is 12.3 Å². The second-order valence-electron chi connectivity index (χ2n) is 6.03. The predicted octanol–water partition coefficient (Wildman–Crippen LogP) is 1.23. The maximum absolute atomic E-state index is 12.3. The minimum atomic E-state index is -0.373. The van der Waals surface area contributed by atoms with E-state index in [1.165, 1.54) is 0 Å². The van der Waals surface area contributed by atoms with E-state index in [4.69, 9.17) is 10.5 Å². The summed E-state index contributed by atoms with van der Waals surface area (Å²) in [5, 5.41) is 0. The number of nitrogens with two attached hydrogens (primary N) is 1. The number of hydrogen-bond donors (Lipinski definition) is 1. The molecule has 0 unspecified atom stereocenters. The van der Waals surface area contributed by atoms with E-state index in [0.717, 1.165) is 44.1 Å². The number of nitrogen functional groups attached to an aromatic ring is 1. The Hall–Kier alpha value is -2.12. The Morgan fingerprint density at radius 1 is 1.21 bits per heavy atom. The second-order valence-corrected chi connectivity index (χ2v) is 6.03. The van der Waals surface area contributed by atoms with Crippen LogP contribution in [0.4, 0.5) is 5.69 Å². The molecule has 24 heavy (non-hydrogen) atoms. The summed E-state index contributed by atoms with van der Waals surface area (Å²) in [7, 11) is 0. The van der Waals surface area contributed by atoms with Crippen molar-refractivity contribution in [1.29, 1.82) is 0 Å². The van der Waals surface area contributed by atoms with E-state index in [-0.39, 0.29) is 5.97 Å².